The zero-order valence-electron chi connectivity index (χ0n) is 6.40. The zero-order valence-corrected chi connectivity index (χ0v) is 6.40. The first-order valence-corrected chi connectivity index (χ1v) is 3.14. The molecule has 2 N–H and O–H groups in total. The minimum Gasteiger partial charge on any atom is -0.477 e. The van der Waals surface area contributed by atoms with Crippen molar-refractivity contribution in [1.82, 2.24) is 10.2 Å². The maximum Gasteiger partial charge on any atom is 0.354 e. The molecule has 0 aliphatic rings. The van der Waals surface area contributed by atoms with Crippen molar-refractivity contribution in [3.63, 3.8) is 0 Å². The molecule has 1 aromatic rings. The number of aromatic nitrogens is 2. The van der Waals surface area contributed by atoms with E-state index >= 15 is 0 Å². The summed E-state index contributed by atoms with van der Waals surface area (Å²) in [4.78, 5) is 10.3. The maximum atomic E-state index is 10.3. The second-order valence-corrected chi connectivity index (χ2v) is 1.98. The van der Waals surface area contributed by atoms with Crippen LogP contribution in [-0.4, -0.2) is 35.2 Å². The van der Waals surface area contributed by atoms with E-state index in [1.807, 2.05) is 0 Å². The number of carbonyl (C=O) groups is 1. The molecule has 0 unspecified atom stereocenters. The van der Waals surface area contributed by atoms with Crippen LogP contribution in [0.1, 0.15) is 10.5 Å². The number of aromatic amines is 1. The highest BCUT2D eigenvalue weighted by Gasteiger charge is 2.07. The standard InChI is InChI=1S/C6H8N2O4/c1-11-3-12-5-2-4(6(9)10)7-8-5/h2H,3H2,1H3,(H,7,8)(H,9,10). The normalized spacial score (nSPS) is 9.75. The average Bonchev–Trinajstić information content (AvgIpc) is 2.48. The number of nitrogens with zero attached hydrogens (tertiary/aromatic N) is 1. The molecule has 66 valence electrons. The summed E-state index contributed by atoms with van der Waals surface area (Å²) in [6, 6.07) is 1.28. The van der Waals surface area contributed by atoms with E-state index in [0.717, 1.165) is 0 Å². The molecule has 1 rings (SSSR count). The van der Waals surface area contributed by atoms with Gasteiger partial charge in [0.05, 0.1) is 0 Å². The topological polar surface area (TPSA) is 84.4 Å². The van der Waals surface area contributed by atoms with Crippen molar-refractivity contribution in [3.8, 4) is 5.88 Å². The van der Waals surface area contributed by atoms with E-state index in [2.05, 4.69) is 14.9 Å². The number of hydrogen-bond donors (Lipinski definition) is 2. The van der Waals surface area contributed by atoms with Crippen LogP contribution in [0.2, 0.25) is 0 Å². The summed E-state index contributed by atoms with van der Waals surface area (Å²) in [5.74, 6) is -0.871. The van der Waals surface area contributed by atoms with Gasteiger partial charge in [-0.25, -0.2) is 4.79 Å². The number of hydrogen-bond acceptors (Lipinski definition) is 4. The van der Waals surface area contributed by atoms with Crippen LogP contribution in [0, 0.1) is 0 Å². The number of ether oxygens (including phenoxy) is 2. The molecule has 1 aromatic heterocycles. The molecule has 0 saturated carbocycles. The van der Waals surface area contributed by atoms with Crippen LogP contribution in [0.4, 0.5) is 0 Å². The Bertz CT molecular complexity index is 270. The fourth-order valence-electron chi connectivity index (χ4n) is 0.606. The molecule has 12 heavy (non-hydrogen) atoms. The van der Waals surface area contributed by atoms with Crippen molar-refractivity contribution in [1.29, 1.82) is 0 Å². The SMILES string of the molecule is COCOc1cc(C(=O)O)[nH]n1. The van der Waals surface area contributed by atoms with Gasteiger partial charge in [0.2, 0.25) is 5.88 Å². The van der Waals surface area contributed by atoms with E-state index in [4.69, 9.17) is 9.84 Å². The number of H-pyrrole nitrogens is 1. The van der Waals surface area contributed by atoms with Gasteiger partial charge < -0.3 is 14.6 Å². The maximum absolute atomic E-state index is 10.3. The lowest BCUT2D eigenvalue weighted by molar-refractivity contribution is 0.0477. The van der Waals surface area contributed by atoms with E-state index in [1.54, 1.807) is 0 Å². The number of rotatable bonds is 4. The highest BCUT2D eigenvalue weighted by Crippen LogP contribution is 2.07. The molecule has 0 spiro atoms. The van der Waals surface area contributed by atoms with Gasteiger partial charge in [0, 0.05) is 13.2 Å². The third-order valence-corrected chi connectivity index (χ3v) is 1.11. The molecule has 0 fully saturated rings. The Morgan fingerprint density at radius 1 is 1.83 bits per heavy atom. The minimum absolute atomic E-state index is 0.0129. The molecule has 0 atom stereocenters. The highest BCUT2D eigenvalue weighted by molar-refractivity contribution is 5.85. The Morgan fingerprint density at radius 2 is 2.58 bits per heavy atom. The largest absolute Gasteiger partial charge is 0.477 e. The van der Waals surface area contributed by atoms with E-state index in [0.29, 0.717) is 0 Å². The van der Waals surface area contributed by atoms with Crippen molar-refractivity contribution in [2.75, 3.05) is 13.9 Å². The van der Waals surface area contributed by atoms with E-state index in [-0.39, 0.29) is 18.4 Å². The quantitative estimate of drug-likeness (QED) is 0.629. The molecular weight excluding hydrogens is 164 g/mol. The number of methoxy groups -OCH3 is 1. The fraction of sp³-hybridized carbons (Fsp3) is 0.333. The van der Waals surface area contributed by atoms with Crippen LogP contribution in [0.25, 0.3) is 0 Å². The third-order valence-electron chi connectivity index (χ3n) is 1.11. The molecular formula is C6H8N2O4. The number of carboxylic acid groups (broad SMARTS) is 1. The Morgan fingerprint density at radius 3 is 3.08 bits per heavy atom. The predicted octanol–water partition coefficient (Wildman–Crippen LogP) is 0.0906. The molecule has 0 aromatic carbocycles. The number of nitrogens with one attached hydrogen (secondary N) is 1. The van der Waals surface area contributed by atoms with Crippen LogP contribution >= 0.6 is 0 Å². The lowest BCUT2D eigenvalue weighted by Gasteiger charge is -1.96. The number of carboxylic acids is 1. The summed E-state index contributed by atoms with van der Waals surface area (Å²) in [5.41, 5.74) is -0.0129. The van der Waals surface area contributed by atoms with Gasteiger partial charge in [-0.05, 0) is 0 Å². The molecule has 1 heterocycles. The zero-order chi connectivity index (χ0) is 8.97. The summed E-state index contributed by atoms with van der Waals surface area (Å²) in [5, 5.41) is 14.3. The second-order valence-electron chi connectivity index (χ2n) is 1.98. The predicted molar refractivity (Wildman–Crippen MR) is 38.1 cm³/mol. The van der Waals surface area contributed by atoms with Gasteiger partial charge in [0.15, 0.2) is 6.79 Å². The first-order valence-electron chi connectivity index (χ1n) is 3.14. The summed E-state index contributed by atoms with van der Waals surface area (Å²) < 4.78 is 9.45. The first kappa shape index (κ1) is 8.54. The van der Waals surface area contributed by atoms with Crippen molar-refractivity contribution in [2.45, 2.75) is 0 Å². The van der Waals surface area contributed by atoms with Crippen molar-refractivity contribution >= 4 is 5.97 Å². The van der Waals surface area contributed by atoms with Gasteiger partial charge in [-0.2, -0.15) is 0 Å². The molecule has 0 bridgehead atoms. The van der Waals surface area contributed by atoms with E-state index in [9.17, 15) is 4.79 Å². The van der Waals surface area contributed by atoms with E-state index < -0.39 is 5.97 Å². The average molecular weight is 172 g/mol. The molecule has 6 nitrogen and oxygen atoms in total. The van der Waals surface area contributed by atoms with Crippen molar-refractivity contribution in [2.24, 2.45) is 0 Å². The number of aromatic carboxylic acids is 1. The highest BCUT2D eigenvalue weighted by atomic mass is 16.7. The fourth-order valence-corrected chi connectivity index (χ4v) is 0.606. The van der Waals surface area contributed by atoms with Crippen LogP contribution in [0.3, 0.4) is 0 Å². The van der Waals surface area contributed by atoms with Gasteiger partial charge in [-0.15, -0.1) is 5.10 Å². The van der Waals surface area contributed by atoms with Gasteiger partial charge in [0.25, 0.3) is 0 Å². The molecule has 0 radical (unpaired) electrons. The summed E-state index contributed by atoms with van der Waals surface area (Å²) in [6.07, 6.45) is 0. The monoisotopic (exact) mass is 172 g/mol. The Kier molecular flexibility index (Phi) is 2.65. The van der Waals surface area contributed by atoms with Gasteiger partial charge in [0.1, 0.15) is 5.69 Å². The summed E-state index contributed by atoms with van der Waals surface area (Å²) in [6.45, 7) is 0.0455. The van der Waals surface area contributed by atoms with Gasteiger partial charge in [-0.1, -0.05) is 0 Å². The molecule has 0 aliphatic carbocycles. The molecule has 6 heteroatoms. The first-order chi connectivity index (χ1) is 5.74. The van der Waals surface area contributed by atoms with Crippen molar-refractivity contribution in [3.05, 3.63) is 11.8 Å². The lowest BCUT2D eigenvalue weighted by atomic mass is 10.4. The van der Waals surface area contributed by atoms with Gasteiger partial charge >= 0.3 is 5.97 Å². The minimum atomic E-state index is -1.07. The van der Waals surface area contributed by atoms with Crippen LogP contribution in [-0.2, 0) is 4.74 Å². The van der Waals surface area contributed by atoms with E-state index in [1.165, 1.54) is 13.2 Å². The Labute approximate surface area is 68.1 Å². The van der Waals surface area contributed by atoms with Crippen molar-refractivity contribution < 1.29 is 19.4 Å². The molecule has 0 amide bonds. The van der Waals surface area contributed by atoms with Gasteiger partial charge in [-0.3, -0.25) is 5.10 Å². The lowest BCUT2D eigenvalue weighted by Crippen LogP contribution is -1.98. The Hall–Kier alpha value is -1.56. The second kappa shape index (κ2) is 3.72. The third kappa shape index (κ3) is 1.96. The smallest absolute Gasteiger partial charge is 0.354 e. The Balaban J connectivity index is 2.58. The summed E-state index contributed by atoms with van der Waals surface area (Å²) >= 11 is 0. The van der Waals surface area contributed by atoms with Crippen LogP contribution in [0.15, 0.2) is 6.07 Å². The molecule has 0 aliphatic heterocycles. The van der Waals surface area contributed by atoms with Crippen LogP contribution < -0.4 is 4.74 Å². The van der Waals surface area contributed by atoms with Crippen LogP contribution in [0.5, 0.6) is 5.88 Å². The summed E-state index contributed by atoms with van der Waals surface area (Å²) in [7, 11) is 1.46. The molecule has 0 saturated heterocycles.